The van der Waals surface area contributed by atoms with E-state index in [1.54, 1.807) is 6.92 Å². The lowest BCUT2D eigenvalue weighted by Gasteiger charge is -2.17. The highest BCUT2D eigenvalue weighted by atomic mass is 16.4. The van der Waals surface area contributed by atoms with E-state index in [0.717, 1.165) is 0 Å². The Morgan fingerprint density at radius 2 is 1.95 bits per heavy atom. The zero-order chi connectivity index (χ0) is 16.0. The number of phenolic OH excluding ortho intramolecular Hbond substituents is 2. The van der Waals surface area contributed by atoms with Crippen molar-refractivity contribution in [2.45, 2.75) is 25.4 Å². The minimum absolute atomic E-state index is 0.0287. The molecule has 0 bridgehead atoms. The van der Waals surface area contributed by atoms with Gasteiger partial charge >= 0.3 is 12.0 Å². The SMILES string of the molecule is C=CC(C)NC(=O)N[C@@H](Cc1ccc(O)c(O)c1)C(=O)O. The van der Waals surface area contributed by atoms with E-state index in [9.17, 15) is 19.8 Å². The molecule has 0 heterocycles. The second kappa shape index (κ2) is 7.18. The third kappa shape index (κ3) is 5.06. The number of carboxylic acids is 1. The molecule has 0 aromatic heterocycles. The summed E-state index contributed by atoms with van der Waals surface area (Å²) in [5, 5.41) is 32.5. The number of urea groups is 1. The van der Waals surface area contributed by atoms with Crippen molar-refractivity contribution in [1.82, 2.24) is 10.6 Å². The second-order valence-electron chi connectivity index (χ2n) is 4.56. The van der Waals surface area contributed by atoms with Crippen LogP contribution in [0.1, 0.15) is 12.5 Å². The molecule has 1 rings (SSSR count). The van der Waals surface area contributed by atoms with Crippen molar-refractivity contribution >= 4 is 12.0 Å². The molecule has 0 aliphatic rings. The number of nitrogens with one attached hydrogen (secondary N) is 2. The normalized spacial score (nSPS) is 13.0. The monoisotopic (exact) mass is 294 g/mol. The Bertz CT molecular complexity index is 544. The van der Waals surface area contributed by atoms with Gasteiger partial charge < -0.3 is 26.0 Å². The Labute approximate surface area is 121 Å². The molecule has 2 atom stereocenters. The van der Waals surface area contributed by atoms with Crippen molar-refractivity contribution < 1.29 is 24.9 Å². The number of hydrogen-bond donors (Lipinski definition) is 5. The van der Waals surface area contributed by atoms with Crippen LogP contribution in [-0.4, -0.2) is 39.4 Å². The summed E-state index contributed by atoms with van der Waals surface area (Å²) in [6.07, 6.45) is 1.48. The Kier molecular flexibility index (Phi) is 5.59. The van der Waals surface area contributed by atoms with Crippen molar-refractivity contribution in [3.63, 3.8) is 0 Å². The Balaban J connectivity index is 2.73. The molecule has 21 heavy (non-hydrogen) atoms. The Hall–Kier alpha value is -2.70. The van der Waals surface area contributed by atoms with Crippen LogP contribution in [-0.2, 0) is 11.2 Å². The van der Waals surface area contributed by atoms with Gasteiger partial charge in [-0.1, -0.05) is 12.1 Å². The average Bonchev–Trinajstić information content (AvgIpc) is 2.41. The van der Waals surface area contributed by atoms with Gasteiger partial charge in [-0.25, -0.2) is 9.59 Å². The van der Waals surface area contributed by atoms with E-state index in [-0.39, 0.29) is 24.0 Å². The molecule has 114 valence electrons. The van der Waals surface area contributed by atoms with Crippen LogP contribution < -0.4 is 10.6 Å². The van der Waals surface area contributed by atoms with Crippen LogP contribution in [0.5, 0.6) is 11.5 Å². The highest BCUT2D eigenvalue weighted by molar-refractivity contribution is 5.83. The largest absolute Gasteiger partial charge is 0.504 e. The summed E-state index contributed by atoms with van der Waals surface area (Å²) in [5.74, 6) is -1.85. The first kappa shape index (κ1) is 16.4. The van der Waals surface area contributed by atoms with Crippen molar-refractivity contribution in [2.24, 2.45) is 0 Å². The molecule has 0 saturated carbocycles. The van der Waals surface area contributed by atoms with Crippen LogP contribution in [0.25, 0.3) is 0 Å². The molecule has 0 saturated heterocycles. The predicted octanol–water partition coefficient (Wildman–Crippen LogP) is 0.967. The number of aromatic hydroxyl groups is 2. The van der Waals surface area contributed by atoms with E-state index in [1.165, 1.54) is 24.3 Å². The molecule has 0 spiro atoms. The second-order valence-corrected chi connectivity index (χ2v) is 4.56. The maximum atomic E-state index is 11.6. The summed E-state index contributed by atoms with van der Waals surface area (Å²) in [4.78, 5) is 22.8. The molecule has 0 fully saturated rings. The van der Waals surface area contributed by atoms with Crippen LogP contribution in [0.3, 0.4) is 0 Å². The predicted molar refractivity (Wildman–Crippen MR) is 76.2 cm³/mol. The first-order valence-electron chi connectivity index (χ1n) is 6.26. The molecular weight excluding hydrogens is 276 g/mol. The van der Waals surface area contributed by atoms with Gasteiger partial charge in [0, 0.05) is 12.5 Å². The van der Waals surface area contributed by atoms with Gasteiger partial charge in [-0.05, 0) is 24.6 Å². The molecule has 0 radical (unpaired) electrons. The van der Waals surface area contributed by atoms with Crippen molar-refractivity contribution in [1.29, 1.82) is 0 Å². The highest BCUT2D eigenvalue weighted by Gasteiger charge is 2.21. The molecular formula is C14H18N2O5. The molecule has 0 aliphatic heterocycles. The first-order valence-corrected chi connectivity index (χ1v) is 6.26. The molecule has 0 aliphatic carbocycles. The summed E-state index contributed by atoms with van der Waals surface area (Å²) >= 11 is 0. The first-order chi connectivity index (χ1) is 9.83. The minimum atomic E-state index is -1.20. The van der Waals surface area contributed by atoms with E-state index in [0.29, 0.717) is 5.56 Å². The molecule has 1 aromatic carbocycles. The van der Waals surface area contributed by atoms with Gasteiger partial charge in [0.1, 0.15) is 6.04 Å². The van der Waals surface area contributed by atoms with Crippen molar-refractivity contribution in [3.8, 4) is 11.5 Å². The number of amides is 2. The van der Waals surface area contributed by atoms with E-state index < -0.39 is 18.0 Å². The lowest BCUT2D eigenvalue weighted by molar-refractivity contribution is -0.139. The van der Waals surface area contributed by atoms with E-state index in [2.05, 4.69) is 17.2 Å². The zero-order valence-electron chi connectivity index (χ0n) is 11.5. The molecule has 1 aromatic rings. The third-order valence-electron chi connectivity index (χ3n) is 2.80. The fourth-order valence-electron chi connectivity index (χ4n) is 1.60. The summed E-state index contributed by atoms with van der Waals surface area (Å²) in [7, 11) is 0. The van der Waals surface area contributed by atoms with E-state index in [4.69, 9.17) is 5.11 Å². The number of rotatable bonds is 6. The van der Waals surface area contributed by atoms with Crippen molar-refractivity contribution in [3.05, 3.63) is 36.4 Å². The van der Waals surface area contributed by atoms with Crippen LogP contribution in [0, 0.1) is 0 Å². The number of aliphatic carboxylic acids is 1. The summed E-state index contributed by atoms with van der Waals surface area (Å²) in [6, 6.07) is 1.89. The number of carbonyl (C=O) groups excluding carboxylic acids is 1. The topological polar surface area (TPSA) is 119 Å². The summed E-state index contributed by atoms with van der Waals surface area (Å²) in [6.45, 7) is 5.20. The van der Waals surface area contributed by atoms with E-state index in [1.807, 2.05) is 0 Å². The van der Waals surface area contributed by atoms with Gasteiger partial charge in [0.05, 0.1) is 0 Å². The van der Waals surface area contributed by atoms with Gasteiger partial charge in [0.2, 0.25) is 0 Å². The number of benzene rings is 1. The molecule has 1 unspecified atom stereocenters. The molecule has 7 heteroatoms. The number of phenols is 2. The fourth-order valence-corrected chi connectivity index (χ4v) is 1.60. The molecule has 2 amide bonds. The summed E-state index contributed by atoms with van der Waals surface area (Å²) in [5.41, 5.74) is 0.467. The van der Waals surface area contributed by atoms with Crippen LogP contribution >= 0.6 is 0 Å². The highest BCUT2D eigenvalue weighted by Crippen LogP contribution is 2.25. The lowest BCUT2D eigenvalue weighted by atomic mass is 10.1. The minimum Gasteiger partial charge on any atom is -0.504 e. The van der Waals surface area contributed by atoms with Crippen LogP contribution in [0.2, 0.25) is 0 Å². The van der Waals surface area contributed by atoms with Crippen molar-refractivity contribution in [2.75, 3.05) is 0 Å². The number of carbonyl (C=O) groups is 2. The quantitative estimate of drug-likeness (QED) is 0.395. The van der Waals surface area contributed by atoms with Gasteiger partial charge in [0.15, 0.2) is 11.5 Å². The summed E-state index contributed by atoms with van der Waals surface area (Å²) < 4.78 is 0. The fraction of sp³-hybridized carbons (Fsp3) is 0.286. The number of hydrogen-bond acceptors (Lipinski definition) is 4. The maximum absolute atomic E-state index is 11.6. The smallest absolute Gasteiger partial charge is 0.326 e. The molecule has 7 nitrogen and oxygen atoms in total. The molecule has 5 N–H and O–H groups in total. The third-order valence-corrected chi connectivity index (χ3v) is 2.80. The van der Waals surface area contributed by atoms with Gasteiger partial charge in [-0.2, -0.15) is 0 Å². The lowest BCUT2D eigenvalue weighted by Crippen LogP contribution is -2.48. The zero-order valence-corrected chi connectivity index (χ0v) is 11.5. The van der Waals surface area contributed by atoms with Gasteiger partial charge in [-0.3, -0.25) is 0 Å². The Morgan fingerprint density at radius 3 is 2.48 bits per heavy atom. The average molecular weight is 294 g/mol. The van der Waals surface area contributed by atoms with Crippen LogP contribution in [0.4, 0.5) is 4.79 Å². The Morgan fingerprint density at radius 1 is 1.29 bits per heavy atom. The van der Waals surface area contributed by atoms with Gasteiger partial charge in [-0.15, -0.1) is 6.58 Å². The maximum Gasteiger partial charge on any atom is 0.326 e. The van der Waals surface area contributed by atoms with E-state index >= 15 is 0 Å². The number of carboxylic acid groups (broad SMARTS) is 1. The van der Waals surface area contributed by atoms with Crippen LogP contribution in [0.15, 0.2) is 30.9 Å². The van der Waals surface area contributed by atoms with Gasteiger partial charge in [0.25, 0.3) is 0 Å². The standard InChI is InChI=1S/C14H18N2O5/c1-3-8(2)15-14(21)16-10(13(19)20)6-9-4-5-11(17)12(18)7-9/h3-5,7-8,10,17-18H,1,6H2,2H3,(H,19,20)(H2,15,16,21)/t8?,10-/m0/s1.